The number of nitrogens with zero attached hydrogens (tertiary/aromatic N) is 2. The summed E-state index contributed by atoms with van der Waals surface area (Å²) in [5.41, 5.74) is 12.0. The van der Waals surface area contributed by atoms with Crippen LogP contribution >= 0.6 is 0 Å². The molecule has 0 atom stereocenters. The summed E-state index contributed by atoms with van der Waals surface area (Å²) in [5, 5.41) is 4.98. The van der Waals surface area contributed by atoms with E-state index in [2.05, 4.69) is 156 Å². The van der Waals surface area contributed by atoms with Crippen LogP contribution in [0.1, 0.15) is 5.56 Å². The molecule has 2 nitrogen and oxygen atoms in total. The van der Waals surface area contributed by atoms with Crippen LogP contribution in [0.3, 0.4) is 0 Å². The van der Waals surface area contributed by atoms with Crippen LogP contribution in [0.4, 0.5) is 0 Å². The highest BCUT2D eigenvalue weighted by molar-refractivity contribution is 6.19. The Balaban J connectivity index is 1.37. The van der Waals surface area contributed by atoms with Gasteiger partial charge in [-0.15, -0.1) is 0 Å². The fourth-order valence-electron chi connectivity index (χ4n) is 6.26. The molecule has 0 bridgehead atoms. The Morgan fingerprint density at radius 2 is 1.10 bits per heavy atom. The number of benzene rings is 6. The number of hydrogen-bond acceptors (Lipinski definition) is 1. The van der Waals surface area contributed by atoms with E-state index in [4.69, 9.17) is 0 Å². The maximum atomic E-state index is 4.42. The Morgan fingerprint density at radius 3 is 1.88 bits per heavy atom. The average Bonchev–Trinajstić information content (AvgIpc) is 3.39. The number of pyridine rings is 1. The molecule has 0 saturated heterocycles. The van der Waals surface area contributed by atoms with Crippen LogP contribution in [-0.2, 0) is 0 Å². The lowest BCUT2D eigenvalue weighted by atomic mass is 9.98. The molecule has 0 aliphatic rings. The van der Waals surface area contributed by atoms with E-state index in [-0.39, 0.29) is 0 Å². The summed E-state index contributed by atoms with van der Waals surface area (Å²) in [4.78, 5) is 4.42. The van der Waals surface area contributed by atoms with Gasteiger partial charge < -0.3 is 4.57 Å². The molecule has 0 spiro atoms. The van der Waals surface area contributed by atoms with Crippen molar-refractivity contribution in [2.75, 3.05) is 0 Å². The van der Waals surface area contributed by atoms with E-state index < -0.39 is 0 Å². The number of rotatable bonds is 4. The van der Waals surface area contributed by atoms with Crippen molar-refractivity contribution in [3.05, 3.63) is 157 Å². The Kier molecular flexibility index (Phi) is 5.72. The lowest BCUT2D eigenvalue weighted by molar-refractivity contribution is 1.19. The standard InChI is InChI=1S/C40H28N2/c1-27-21-34(26-41-25-27)31-15-18-36-33(23-31)17-20-38-37-19-16-32(24-39(37)42(40(36)38)35-13-6-3-7-14-35)30-12-8-11-29(22-30)28-9-4-2-5-10-28/h2-26H,1H3. The van der Waals surface area contributed by atoms with Gasteiger partial charge in [0.05, 0.1) is 11.0 Å². The van der Waals surface area contributed by atoms with E-state index >= 15 is 0 Å². The molecule has 0 radical (unpaired) electrons. The van der Waals surface area contributed by atoms with Gasteiger partial charge in [-0.3, -0.25) is 4.98 Å². The molecule has 6 aromatic carbocycles. The highest BCUT2D eigenvalue weighted by Crippen LogP contribution is 2.39. The molecule has 2 heteroatoms. The minimum absolute atomic E-state index is 1.14. The molecule has 0 saturated carbocycles. The van der Waals surface area contributed by atoms with Gasteiger partial charge in [-0.25, -0.2) is 0 Å². The summed E-state index contributed by atoms with van der Waals surface area (Å²) in [6, 6.07) is 50.6. The smallest absolute Gasteiger partial charge is 0.0619 e. The zero-order valence-electron chi connectivity index (χ0n) is 23.3. The second-order valence-electron chi connectivity index (χ2n) is 11.0. The highest BCUT2D eigenvalue weighted by Gasteiger charge is 2.16. The van der Waals surface area contributed by atoms with E-state index in [0.717, 1.165) is 16.8 Å². The molecule has 2 heterocycles. The number of aromatic nitrogens is 2. The topological polar surface area (TPSA) is 17.8 Å². The van der Waals surface area contributed by atoms with Crippen LogP contribution in [0.25, 0.3) is 71.6 Å². The summed E-state index contributed by atoms with van der Waals surface area (Å²) in [6.07, 6.45) is 3.85. The predicted octanol–water partition coefficient (Wildman–Crippen LogP) is 10.6. The van der Waals surface area contributed by atoms with Crippen LogP contribution in [0.5, 0.6) is 0 Å². The minimum atomic E-state index is 1.14. The molecule has 0 amide bonds. The summed E-state index contributed by atoms with van der Waals surface area (Å²) < 4.78 is 2.44. The molecule has 0 N–H and O–H groups in total. The Hall–Kier alpha value is -5.47. The maximum Gasteiger partial charge on any atom is 0.0619 e. The molecule has 8 rings (SSSR count). The van der Waals surface area contributed by atoms with Gasteiger partial charge in [-0.2, -0.15) is 0 Å². The molecule has 0 unspecified atom stereocenters. The van der Waals surface area contributed by atoms with Gasteiger partial charge in [0.25, 0.3) is 0 Å². The molecular formula is C40H28N2. The third-order valence-electron chi connectivity index (χ3n) is 8.27. The van der Waals surface area contributed by atoms with Crippen LogP contribution < -0.4 is 0 Å². The first-order valence-corrected chi connectivity index (χ1v) is 14.4. The van der Waals surface area contributed by atoms with Crippen molar-refractivity contribution in [3.63, 3.8) is 0 Å². The van der Waals surface area contributed by atoms with Crippen molar-refractivity contribution in [2.24, 2.45) is 0 Å². The van der Waals surface area contributed by atoms with Crippen molar-refractivity contribution in [3.8, 4) is 39.1 Å². The highest BCUT2D eigenvalue weighted by atomic mass is 15.0. The fourth-order valence-corrected chi connectivity index (χ4v) is 6.26. The molecule has 0 aliphatic carbocycles. The molecule has 0 aliphatic heterocycles. The van der Waals surface area contributed by atoms with Crippen molar-refractivity contribution in [2.45, 2.75) is 6.92 Å². The normalized spacial score (nSPS) is 11.5. The van der Waals surface area contributed by atoms with E-state index in [1.54, 1.807) is 0 Å². The van der Waals surface area contributed by atoms with Crippen molar-refractivity contribution < 1.29 is 0 Å². The predicted molar refractivity (Wildman–Crippen MR) is 177 cm³/mol. The second-order valence-corrected chi connectivity index (χ2v) is 11.0. The van der Waals surface area contributed by atoms with E-state index in [0.29, 0.717) is 0 Å². The van der Waals surface area contributed by atoms with Gasteiger partial charge in [-0.1, -0.05) is 103 Å². The van der Waals surface area contributed by atoms with Crippen LogP contribution in [0.15, 0.2) is 152 Å². The largest absolute Gasteiger partial charge is 0.309 e. The molecule has 8 aromatic rings. The SMILES string of the molecule is Cc1cncc(-c2ccc3c(ccc4c5ccc(-c6cccc(-c7ccccc7)c6)cc5n(-c5ccccc5)c34)c2)c1. The summed E-state index contributed by atoms with van der Waals surface area (Å²) in [7, 11) is 0. The quantitative estimate of drug-likeness (QED) is 0.219. The van der Waals surface area contributed by atoms with Gasteiger partial charge in [0.1, 0.15) is 0 Å². The lowest BCUT2D eigenvalue weighted by Crippen LogP contribution is -1.94. The van der Waals surface area contributed by atoms with E-state index in [1.165, 1.54) is 60.4 Å². The summed E-state index contributed by atoms with van der Waals surface area (Å²) in [5.74, 6) is 0. The monoisotopic (exact) mass is 536 g/mol. The third-order valence-corrected chi connectivity index (χ3v) is 8.27. The Morgan fingerprint density at radius 1 is 0.452 bits per heavy atom. The first kappa shape index (κ1) is 24.3. The minimum Gasteiger partial charge on any atom is -0.309 e. The summed E-state index contributed by atoms with van der Waals surface area (Å²) in [6.45, 7) is 2.09. The lowest BCUT2D eigenvalue weighted by Gasteiger charge is -2.12. The van der Waals surface area contributed by atoms with Crippen molar-refractivity contribution in [1.82, 2.24) is 9.55 Å². The summed E-state index contributed by atoms with van der Waals surface area (Å²) >= 11 is 0. The zero-order chi connectivity index (χ0) is 28.0. The first-order valence-electron chi connectivity index (χ1n) is 14.4. The average molecular weight is 537 g/mol. The molecule has 0 fully saturated rings. The molecule has 198 valence electrons. The van der Waals surface area contributed by atoms with Crippen molar-refractivity contribution >= 4 is 32.6 Å². The van der Waals surface area contributed by atoms with E-state index in [9.17, 15) is 0 Å². The van der Waals surface area contributed by atoms with Crippen molar-refractivity contribution in [1.29, 1.82) is 0 Å². The van der Waals surface area contributed by atoms with Gasteiger partial charge in [0.15, 0.2) is 0 Å². The van der Waals surface area contributed by atoms with Crippen LogP contribution in [0.2, 0.25) is 0 Å². The van der Waals surface area contributed by atoms with Gasteiger partial charge in [0, 0.05) is 39.8 Å². The number of para-hydroxylation sites is 1. The van der Waals surface area contributed by atoms with Crippen LogP contribution in [-0.4, -0.2) is 9.55 Å². The fraction of sp³-hybridized carbons (Fsp3) is 0.0250. The maximum absolute atomic E-state index is 4.42. The first-order chi connectivity index (χ1) is 20.7. The van der Waals surface area contributed by atoms with Crippen LogP contribution in [0, 0.1) is 6.92 Å². The molecular weight excluding hydrogens is 508 g/mol. The second kappa shape index (κ2) is 9.87. The van der Waals surface area contributed by atoms with Gasteiger partial charge >= 0.3 is 0 Å². The van der Waals surface area contributed by atoms with Gasteiger partial charge in [-0.05, 0) is 82.1 Å². The Labute approximate surface area is 245 Å². The number of aryl methyl sites for hydroxylation is 1. The third kappa shape index (κ3) is 4.08. The zero-order valence-corrected chi connectivity index (χ0v) is 23.3. The van der Waals surface area contributed by atoms with Gasteiger partial charge in [0.2, 0.25) is 0 Å². The Bertz CT molecular complexity index is 2240. The van der Waals surface area contributed by atoms with E-state index in [1.807, 2.05) is 12.4 Å². The molecule has 42 heavy (non-hydrogen) atoms. The molecule has 2 aromatic heterocycles. The number of hydrogen-bond donors (Lipinski definition) is 0. The number of fused-ring (bicyclic) bond motifs is 5.